The molecule has 0 saturated carbocycles. The Morgan fingerprint density at radius 1 is 1.03 bits per heavy atom. The van der Waals surface area contributed by atoms with E-state index in [1.807, 2.05) is 38.1 Å². The van der Waals surface area contributed by atoms with Crippen LogP contribution >= 0.6 is 0 Å². The van der Waals surface area contributed by atoms with Crippen molar-refractivity contribution >= 4 is 17.9 Å². The number of rotatable bonds is 9. The Labute approximate surface area is 205 Å². The van der Waals surface area contributed by atoms with Crippen molar-refractivity contribution in [1.82, 2.24) is 15.0 Å². The summed E-state index contributed by atoms with van der Waals surface area (Å²) in [6, 6.07) is 9.38. The summed E-state index contributed by atoms with van der Waals surface area (Å²) in [5, 5.41) is 6.25. The third-order valence-corrected chi connectivity index (χ3v) is 5.28. The molecule has 3 aromatic rings. The van der Waals surface area contributed by atoms with Crippen LogP contribution < -0.4 is 10.6 Å². The second-order valence-corrected chi connectivity index (χ2v) is 8.57. The van der Waals surface area contributed by atoms with E-state index in [1.54, 1.807) is 32.6 Å². The molecule has 1 aromatic carbocycles. The first-order valence-electron chi connectivity index (χ1n) is 11.1. The zero-order valence-electron chi connectivity index (χ0n) is 20.7. The predicted molar refractivity (Wildman–Crippen MR) is 139 cm³/mol. The molecule has 0 aliphatic rings. The van der Waals surface area contributed by atoms with Crippen molar-refractivity contribution in [3.05, 3.63) is 89.3 Å². The van der Waals surface area contributed by atoms with Crippen molar-refractivity contribution in [2.24, 2.45) is 4.99 Å². The van der Waals surface area contributed by atoms with Gasteiger partial charge >= 0.3 is 0 Å². The lowest BCUT2D eigenvalue weighted by Crippen LogP contribution is -2.12. The molecule has 0 bridgehead atoms. The molecule has 8 heteroatoms. The number of aryl methyl sites for hydroxylation is 1. The Bertz CT molecular complexity index is 1240. The second-order valence-electron chi connectivity index (χ2n) is 8.57. The molecule has 0 aliphatic carbocycles. The van der Waals surface area contributed by atoms with Crippen LogP contribution in [0.3, 0.4) is 0 Å². The number of benzene rings is 1. The summed E-state index contributed by atoms with van der Waals surface area (Å²) in [5.41, 5.74) is 6.22. The van der Waals surface area contributed by atoms with Gasteiger partial charge < -0.3 is 10.6 Å². The molecule has 3 rings (SSSR count). The number of nitrogens with one attached hydrogen (secondary N) is 2. The number of hydrogen-bond acceptors (Lipinski definition) is 6. The third kappa shape index (κ3) is 7.02. The van der Waals surface area contributed by atoms with Gasteiger partial charge in [-0.3, -0.25) is 9.98 Å². The number of halogens is 2. The molecule has 0 amide bonds. The molecule has 0 fully saturated rings. The van der Waals surface area contributed by atoms with Crippen LogP contribution in [0, 0.1) is 6.92 Å². The van der Waals surface area contributed by atoms with Gasteiger partial charge in [0.1, 0.15) is 0 Å². The van der Waals surface area contributed by atoms with E-state index >= 15 is 0 Å². The Hall–Kier alpha value is -3.94. The van der Waals surface area contributed by atoms with Crippen molar-refractivity contribution in [3.8, 4) is 11.1 Å². The molecule has 0 radical (unpaired) electrons. The van der Waals surface area contributed by atoms with Crippen molar-refractivity contribution in [1.29, 1.82) is 0 Å². The number of alkyl halides is 2. The van der Waals surface area contributed by atoms with E-state index < -0.39 is 5.92 Å². The van der Waals surface area contributed by atoms with Crippen LogP contribution in [0.4, 0.5) is 20.4 Å². The van der Waals surface area contributed by atoms with Gasteiger partial charge in [0.2, 0.25) is 5.95 Å². The largest absolute Gasteiger partial charge is 0.358 e. The lowest BCUT2D eigenvalue weighted by molar-refractivity contribution is 0.0165. The number of pyridine rings is 1. The first-order valence-corrected chi connectivity index (χ1v) is 11.1. The molecular weight excluding hydrogens is 446 g/mol. The fraction of sp³-hybridized carbons (Fsp3) is 0.259. The molecule has 2 N–H and O–H groups in total. The van der Waals surface area contributed by atoms with E-state index in [0.29, 0.717) is 29.4 Å². The number of anilines is 2. The maximum absolute atomic E-state index is 13.8. The van der Waals surface area contributed by atoms with Crippen LogP contribution in [0.15, 0.2) is 77.5 Å². The Morgan fingerprint density at radius 3 is 2.26 bits per heavy atom. The van der Waals surface area contributed by atoms with E-state index in [9.17, 15) is 8.78 Å². The quantitative estimate of drug-likeness (QED) is 0.343. The SMILES string of the molecule is C=C(Cc1ccc(-c2cnc(NC(C=NC)=C(C)C)nc2)cc1)Nc1cnc(C)c(C(C)(F)F)c1. The molecule has 0 unspecified atom stereocenters. The number of nitrogens with zero attached hydrogens (tertiary/aromatic N) is 4. The highest BCUT2D eigenvalue weighted by Gasteiger charge is 2.27. The average Bonchev–Trinajstić information content (AvgIpc) is 2.80. The van der Waals surface area contributed by atoms with Gasteiger partial charge in [-0.25, -0.2) is 18.7 Å². The van der Waals surface area contributed by atoms with E-state index in [1.165, 1.54) is 12.3 Å². The van der Waals surface area contributed by atoms with Crippen LogP contribution in [-0.4, -0.2) is 28.2 Å². The van der Waals surface area contributed by atoms with Gasteiger partial charge in [-0.2, -0.15) is 0 Å². The molecule has 0 aliphatic heterocycles. The minimum absolute atomic E-state index is 0.0985. The standard InChI is InChI=1S/C27H30F2N6/c1-17(2)25(16-30-6)35-26-32-13-22(14-33-26)21-9-7-20(8-10-21)11-18(3)34-23-12-24(27(5,28)29)19(4)31-15-23/h7-10,12-16,34H,3,11H2,1-2,4-6H3,(H,32,33,35). The van der Waals surface area contributed by atoms with E-state index in [0.717, 1.165) is 34.9 Å². The fourth-order valence-electron chi connectivity index (χ4n) is 3.43. The normalized spacial score (nSPS) is 11.4. The monoisotopic (exact) mass is 476 g/mol. The lowest BCUT2D eigenvalue weighted by Gasteiger charge is -2.16. The zero-order valence-corrected chi connectivity index (χ0v) is 20.7. The molecule has 0 atom stereocenters. The first kappa shape index (κ1) is 25.7. The molecule has 35 heavy (non-hydrogen) atoms. The summed E-state index contributed by atoms with van der Waals surface area (Å²) >= 11 is 0. The summed E-state index contributed by atoms with van der Waals surface area (Å²) in [4.78, 5) is 16.9. The van der Waals surface area contributed by atoms with Crippen LogP contribution in [0.25, 0.3) is 11.1 Å². The highest BCUT2D eigenvalue weighted by Crippen LogP contribution is 2.31. The first-order chi connectivity index (χ1) is 16.6. The van der Waals surface area contributed by atoms with Gasteiger partial charge in [0.15, 0.2) is 0 Å². The highest BCUT2D eigenvalue weighted by atomic mass is 19.3. The van der Waals surface area contributed by atoms with E-state index in [2.05, 4.69) is 37.2 Å². The highest BCUT2D eigenvalue weighted by molar-refractivity contribution is 5.83. The van der Waals surface area contributed by atoms with Crippen molar-refractivity contribution < 1.29 is 8.78 Å². The summed E-state index contributed by atoms with van der Waals surface area (Å²) in [6.45, 7) is 10.5. The maximum atomic E-state index is 13.8. The van der Waals surface area contributed by atoms with Gasteiger partial charge in [-0.1, -0.05) is 36.4 Å². The summed E-state index contributed by atoms with van der Waals surface area (Å²) in [7, 11) is 1.72. The van der Waals surface area contributed by atoms with Crippen molar-refractivity contribution in [2.75, 3.05) is 17.7 Å². The van der Waals surface area contributed by atoms with Crippen molar-refractivity contribution in [2.45, 2.75) is 40.0 Å². The van der Waals surface area contributed by atoms with E-state index in [-0.39, 0.29) is 5.56 Å². The van der Waals surface area contributed by atoms with Gasteiger partial charge in [-0.15, -0.1) is 0 Å². The van der Waals surface area contributed by atoms with Crippen LogP contribution in [0.2, 0.25) is 0 Å². The molecule has 0 saturated heterocycles. The maximum Gasteiger partial charge on any atom is 0.272 e. The zero-order chi connectivity index (χ0) is 25.6. The van der Waals surface area contributed by atoms with Gasteiger partial charge in [0, 0.05) is 61.5 Å². The minimum Gasteiger partial charge on any atom is -0.358 e. The number of allylic oxidation sites excluding steroid dienone is 3. The number of aromatic nitrogens is 3. The average molecular weight is 477 g/mol. The summed E-state index contributed by atoms with van der Waals surface area (Å²) in [6.07, 6.45) is 7.34. The molecule has 6 nitrogen and oxygen atoms in total. The van der Waals surface area contributed by atoms with E-state index in [4.69, 9.17) is 0 Å². The fourth-order valence-corrected chi connectivity index (χ4v) is 3.43. The minimum atomic E-state index is -2.96. The lowest BCUT2D eigenvalue weighted by atomic mass is 10.0. The third-order valence-electron chi connectivity index (χ3n) is 5.28. The number of hydrogen-bond donors (Lipinski definition) is 2. The topological polar surface area (TPSA) is 75.1 Å². The van der Waals surface area contributed by atoms with Crippen LogP contribution in [0.5, 0.6) is 0 Å². The van der Waals surface area contributed by atoms with Gasteiger partial charge in [0.25, 0.3) is 5.92 Å². The Balaban J connectivity index is 1.64. The Morgan fingerprint density at radius 2 is 1.69 bits per heavy atom. The molecular formula is C27H30F2N6. The molecule has 2 heterocycles. The molecule has 0 spiro atoms. The van der Waals surface area contributed by atoms with Crippen LogP contribution in [-0.2, 0) is 12.3 Å². The summed E-state index contributed by atoms with van der Waals surface area (Å²) in [5.74, 6) is -2.46. The van der Waals surface area contributed by atoms with Crippen molar-refractivity contribution in [3.63, 3.8) is 0 Å². The smallest absolute Gasteiger partial charge is 0.272 e. The molecule has 182 valence electrons. The van der Waals surface area contributed by atoms with Gasteiger partial charge in [-0.05, 0) is 38.0 Å². The number of aliphatic imine (C=N–C) groups is 1. The predicted octanol–water partition coefficient (Wildman–Crippen LogP) is 6.53. The van der Waals surface area contributed by atoms with Gasteiger partial charge in [0.05, 0.1) is 17.6 Å². The van der Waals surface area contributed by atoms with Crippen LogP contribution in [0.1, 0.15) is 37.6 Å². The summed E-state index contributed by atoms with van der Waals surface area (Å²) < 4.78 is 27.6. The second kappa shape index (κ2) is 11.0. The molecule has 2 aromatic heterocycles. The Kier molecular flexibility index (Phi) is 8.06.